The van der Waals surface area contributed by atoms with Crippen LogP contribution in [-0.4, -0.2) is 30.9 Å². The number of fused-ring (bicyclic) bond motifs is 2. The van der Waals surface area contributed by atoms with E-state index in [-0.39, 0.29) is 5.43 Å². The zero-order valence-electron chi connectivity index (χ0n) is 18.7. The average Bonchev–Trinajstić information content (AvgIpc) is 3.21. The highest BCUT2D eigenvalue weighted by molar-refractivity contribution is 6.00. The van der Waals surface area contributed by atoms with Crippen molar-refractivity contribution in [2.45, 2.75) is 6.54 Å². The molecule has 2 heterocycles. The number of rotatable bonds is 6. The molecule has 1 N–H and O–H groups in total. The summed E-state index contributed by atoms with van der Waals surface area (Å²) in [5.41, 5.74) is 4.41. The number of aromatic amines is 1. The second kappa shape index (κ2) is 8.39. The number of nitrogens with zero attached hydrogens (tertiary/aromatic N) is 1. The normalized spacial score (nSPS) is 11.1. The summed E-state index contributed by atoms with van der Waals surface area (Å²) in [5.74, 6) is 1.62. The van der Waals surface area contributed by atoms with Crippen LogP contribution >= 0.6 is 0 Å². The lowest BCUT2D eigenvalue weighted by Crippen LogP contribution is -2.02. The first-order valence-electron chi connectivity index (χ1n) is 10.6. The molecule has 0 atom stereocenters. The van der Waals surface area contributed by atoms with Gasteiger partial charge in [-0.1, -0.05) is 42.5 Å². The van der Waals surface area contributed by atoms with Gasteiger partial charge >= 0.3 is 0 Å². The van der Waals surface area contributed by atoms with Crippen molar-refractivity contribution < 1.29 is 14.2 Å². The van der Waals surface area contributed by atoms with Crippen molar-refractivity contribution in [3.05, 3.63) is 88.7 Å². The predicted molar refractivity (Wildman–Crippen MR) is 131 cm³/mol. The van der Waals surface area contributed by atoms with Crippen molar-refractivity contribution in [2.24, 2.45) is 0 Å². The molecule has 0 aliphatic carbocycles. The summed E-state index contributed by atoms with van der Waals surface area (Å²) in [6.07, 6.45) is 1.92. The first-order chi connectivity index (χ1) is 16.1. The molecule has 166 valence electrons. The summed E-state index contributed by atoms with van der Waals surface area (Å²) in [5, 5.41) is 1.30. The van der Waals surface area contributed by atoms with Crippen LogP contribution in [0.15, 0.2) is 77.7 Å². The molecule has 5 aromatic rings. The van der Waals surface area contributed by atoms with E-state index in [1.54, 1.807) is 21.3 Å². The Morgan fingerprint density at radius 2 is 1.48 bits per heavy atom. The van der Waals surface area contributed by atoms with Crippen molar-refractivity contribution in [1.82, 2.24) is 9.55 Å². The van der Waals surface area contributed by atoms with Crippen LogP contribution in [0.5, 0.6) is 17.2 Å². The van der Waals surface area contributed by atoms with Crippen LogP contribution in [0.3, 0.4) is 0 Å². The first kappa shape index (κ1) is 20.7. The summed E-state index contributed by atoms with van der Waals surface area (Å²) >= 11 is 0. The van der Waals surface area contributed by atoms with Crippen LogP contribution in [0.1, 0.15) is 5.56 Å². The highest BCUT2D eigenvalue weighted by Crippen LogP contribution is 2.42. The lowest BCUT2D eigenvalue weighted by Gasteiger charge is -2.16. The fraction of sp³-hybridized carbons (Fsp3) is 0.148. The summed E-state index contributed by atoms with van der Waals surface area (Å²) in [7, 11) is 4.77. The number of hydrogen-bond acceptors (Lipinski definition) is 4. The Morgan fingerprint density at radius 3 is 2.15 bits per heavy atom. The molecule has 0 saturated heterocycles. The third-order valence-corrected chi connectivity index (χ3v) is 5.89. The Kier molecular flexibility index (Phi) is 5.26. The standard InChI is InChI=1S/C27H24N2O4/c1-31-22-13-18(14-23(32-2)27(22)33-3)25-24-20(16-29(25)15-17-9-5-4-6-10-17)26(30)19-11-7-8-12-21(19)28-24/h4-14,16,28H,15H2,1-3H3. The second-order valence-corrected chi connectivity index (χ2v) is 7.79. The molecule has 6 heteroatoms. The van der Waals surface area contributed by atoms with Gasteiger partial charge in [0.25, 0.3) is 0 Å². The minimum Gasteiger partial charge on any atom is -0.493 e. The van der Waals surface area contributed by atoms with Gasteiger partial charge in [0.2, 0.25) is 5.75 Å². The van der Waals surface area contributed by atoms with Gasteiger partial charge in [0.1, 0.15) is 0 Å². The van der Waals surface area contributed by atoms with Crippen LogP contribution in [0.4, 0.5) is 0 Å². The number of nitrogens with one attached hydrogen (secondary N) is 1. The third-order valence-electron chi connectivity index (χ3n) is 5.89. The molecule has 0 fully saturated rings. The fourth-order valence-electron chi connectivity index (χ4n) is 4.36. The van der Waals surface area contributed by atoms with Crippen molar-refractivity contribution in [3.8, 4) is 28.5 Å². The van der Waals surface area contributed by atoms with E-state index < -0.39 is 0 Å². The smallest absolute Gasteiger partial charge is 0.203 e. The highest BCUT2D eigenvalue weighted by Gasteiger charge is 2.21. The Labute approximate surface area is 191 Å². The molecule has 3 aromatic carbocycles. The van der Waals surface area contributed by atoms with Gasteiger partial charge in [0.15, 0.2) is 16.9 Å². The maximum atomic E-state index is 13.4. The molecule has 0 saturated carbocycles. The van der Waals surface area contributed by atoms with E-state index in [1.165, 1.54) is 0 Å². The summed E-state index contributed by atoms with van der Waals surface area (Å²) < 4.78 is 18.8. The molecule has 0 aliphatic rings. The summed E-state index contributed by atoms with van der Waals surface area (Å²) in [6, 6.07) is 21.5. The number of aromatic nitrogens is 2. The number of hydrogen-bond donors (Lipinski definition) is 1. The Bertz CT molecular complexity index is 1490. The van der Waals surface area contributed by atoms with E-state index in [0.29, 0.717) is 34.6 Å². The van der Waals surface area contributed by atoms with Crippen LogP contribution in [-0.2, 0) is 6.54 Å². The quantitative estimate of drug-likeness (QED) is 0.393. The Morgan fingerprint density at radius 1 is 0.818 bits per heavy atom. The Balaban J connectivity index is 1.84. The van der Waals surface area contributed by atoms with Crippen LogP contribution in [0, 0.1) is 0 Å². The minimum atomic E-state index is -0.000136. The van der Waals surface area contributed by atoms with Gasteiger partial charge in [-0.05, 0) is 29.8 Å². The minimum absolute atomic E-state index is 0.000136. The van der Waals surface area contributed by atoms with E-state index in [4.69, 9.17) is 14.2 Å². The van der Waals surface area contributed by atoms with Crippen molar-refractivity contribution in [2.75, 3.05) is 21.3 Å². The zero-order valence-corrected chi connectivity index (χ0v) is 18.7. The van der Waals surface area contributed by atoms with Gasteiger partial charge in [-0.2, -0.15) is 0 Å². The number of H-pyrrole nitrogens is 1. The lowest BCUT2D eigenvalue weighted by molar-refractivity contribution is 0.324. The van der Waals surface area contributed by atoms with Gasteiger partial charge in [0.05, 0.1) is 37.9 Å². The van der Waals surface area contributed by atoms with E-state index in [9.17, 15) is 4.79 Å². The number of methoxy groups -OCH3 is 3. The molecule has 0 spiro atoms. The molecule has 33 heavy (non-hydrogen) atoms. The highest BCUT2D eigenvalue weighted by atomic mass is 16.5. The largest absolute Gasteiger partial charge is 0.493 e. The van der Waals surface area contributed by atoms with Crippen LogP contribution in [0.2, 0.25) is 0 Å². The van der Waals surface area contributed by atoms with Gasteiger partial charge in [-0.15, -0.1) is 0 Å². The SMILES string of the molecule is COc1cc(-c2c3[nH]c4ccccc4c(=O)c3cn2Cc2ccccc2)cc(OC)c1OC. The second-order valence-electron chi connectivity index (χ2n) is 7.79. The molecule has 0 aliphatic heterocycles. The molecule has 0 bridgehead atoms. The van der Waals surface area contributed by atoms with E-state index in [1.807, 2.05) is 60.8 Å². The zero-order chi connectivity index (χ0) is 22.9. The number of pyridine rings is 1. The number of ether oxygens (including phenoxy) is 3. The lowest BCUT2D eigenvalue weighted by atomic mass is 10.1. The molecule has 0 unspecified atom stereocenters. The molecule has 5 rings (SSSR count). The predicted octanol–water partition coefficient (Wildman–Crippen LogP) is 5.22. The summed E-state index contributed by atoms with van der Waals surface area (Å²) in [6.45, 7) is 0.602. The van der Waals surface area contributed by atoms with E-state index in [2.05, 4.69) is 21.7 Å². The van der Waals surface area contributed by atoms with Gasteiger partial charge in [0, 0.05) is 29.2 Å². The van der Waals surface area contributed by atoms with Crippen molar-refractivity contribution >= 4 is 21.8 Å². The van der Waals surface area contributed by atoms with E-state index in [0.717, 1.165) is 27.9 Å². The maximum absolute atomic E-state index is 13.4. The van der Waals surface area contributed by atoms with Gasteiger partial charge < -0.3 is 23.8 Å². The third kappa shape index (κ3) is 3.49. The molecule has 0 radical (unpaired) electrons. The molecule has 0 amide bonds. The van der Waals surface area contributed by atoms with Crippen molar-refractivity contribution in [1.29, 1.82) is 0 Å². The molecule has 6 nitrogen and oxygen atoms in total. The monoisotopic (exact) mass is 440 g/mol. The number of para-hydroxylation sites is 1. The van der Waals surface area contributed by atoms with Gasteiger partial charge in [-0.3, -0.25) is 4.79 Å². The van der Waals surface area contributed by atoms with Crippen molar-refractivity contribution in [3.63, 3.8) is 0 Å². The van der Waals surface area contributed by atoms with E-state index >= 15 is 0 Å². The fourth-order valence-corrected chi connectivity index (χ4v) is 4.36. The topological polar surface area (TPSA) is 65.5 Å². The average molecular weight is 440 g/mol. The first-order valence-corrected chi connectivity index (χ1v) is 10.6. The Hall–Kier alpha value is -4.19. The molecule has 2 aromatic heterocycles. The van der Waals surface area contributed by atoms with Gasteiger partial charge in [-0.25, -0.2) is 0 Å². The van der Waals surface area contributed by atoms with Crippen LogP contribution < -0.4 is 19.6 Å². The summed E-state index contributed by atoms with van der Waals surface area (Å²) in [4.78, 5) is 16.9. The van der Waals surface area contributed by atoms with Crippen LogP contribution in [0.25, 0.3) is 33.1 Å². The molecular formula is C27H24N2O4. The molecular weight excluding hydrogens is 416 g/mol. The maximum Gasteiger partial charge on any atom is 0.203 e. The number of benzene rings is 3.